The van der Waals surface area contributed by atoms with Crippen LogP contribution in [0.15, 0.2) is 65.7 Å². The van der Waals surface area contributed by atoms with Gasteiger partial charge in [-0.05, 0) is 55.0 Å². The highest BCUT2D eigenvalue weighted by Crippen LogP contribution is 2.31. The Hall–Kier alpha value is -3.67. The van der Waals surface area contributed by atoms with Crippen LogP contribution >= 0.6 is 0 Å². The lowest BCUT2D eigenvalue weighted by Gasteiger charge is -2.37. The zero-order chi connectivity index (χ0) is 29.0. The maximum atomic E-state index is 13.7. The van der Waals surface area contributed by atoms with Crippen LogP contribution in [0.2, 0.25) is 0 Å². The number of sulfonamides is 1. The summed E-state index contributed by atoms with van der Waals surface area (Å²) in [6, 6.07) is 14.8. The fourth-order valence-electron chi connectivity index (χ4n) is 4.54. The highest BCUT2D eigenvalue weighted by atomic mass is 32.2. The largest absolute Gasteiger partial charge is 0.497 e. The number of aliphatic hydroxyl groups is 1. The molecule has 0 aliphatic carbocycles. The predicted octanol–water partition coefficient (Wildman–Crippen LogP) is 3.31. The SMILES string of the molecule is COc1ccc(-c2cnc3c(c2)C(=O)N([C@H](C)CO)C[C@@H](C)[C@@H](CN(C)S(=O)(=O)c2ccc(OC)cc2)O3)cc1. The number of amides is 1. The summed E-state index contributed by atoms with van der Waals surface area (Å²) in [4.78, 5) is 19.9. The highest BCUT2D eigenvalue weighted by molar-refractivity contribution is 7.89. The second-order valence-electron chi connectivity index (χ2n) is 9.89. The molecular weight excluding hydrogens is 534 g/mol. The van der Waals surface area contributed by atoms with Crippen molar-refractivity contribution in [1.29, 1.82) is 0 Å². The quantitative estimate of drug-likeness (QED) is 0.417. The third kappa shape index (κ3) is 6.06. The Morgan fingerprint density at radius 2 is 1.68 bits per heavy atom. The first kappa shape index (κ1) is 29.3. The molecule has 1 aliphatic heterocycles. The van der Waals surface area contributed by atoms with Crippen molar-refractivity contribution in [2.45, 2.75) is 30.9 Å². The van der Waals surface area contributed by atoms with Crippen molar-refractivity contribution in [1.82, 2.24) is 14.2 Å². The Morgan fingerprint density at radius 1 is 1.07 bits per heavy atom. The average Bonchev–Trinajstić information content (AvgIpc) is 2.98. The molecule has 4 rings (SSSR count). The monoisotopic (exact) mass is 569 g/mol. The van der Waals surface area contributed by atoms with Crippen molar-refractivity contribution in [2.75, 3.05) is 41.0 Å². The topological polar surface area (TPSA) is 118 Å². The van der Waals surface area contributed by atoms with E-state index in [0.717, 1.165) is 5.56 Å². The number of hydrogen-bond acceptors (Lipinski definition) is 8. The number of pyridine rings is 1. The molecule has 0 saturated heterocycles. The molecule has 2 heterocycles. The summed E-state index contributed by atoms with van der Waals surface area (Å²) in [7, 11) is 0.766. The molecule has 0 saturated carbocycles. The van der Waals surface area contributed by atoms with Gasteiger partial charge >= 0.3 is 0 Å². The van der Waals surface area contributed by atoms with Crippen LogP contribution in [0.25, 0.3) is 11.1 Å². The van der Waals surface area contributed by atoms with Crippen molar-refractivity contribution in [3.63, 3.8) is 0 Å². The van der Waals surface area contributed by atoms with E-state index < -0.39 is 22.2 Å². The Bertz CT molecular complexity index is 1430. The Labute approximate surface area is 235 Å². The van der Waals surface area contributed by atoms with E-state index in [4.69, 9.17) is 14.2 Å². The van der Waals surface area contributed by atoms with Gasteiger partial charge in [-0.2, -0.15) is 4.31 Å². The van der Waals surface area contributed by atoms with Crippen molar-refractivity contribution < 1.29 is 32.5 Å². The summed E-state index contributed by atoms with van der Waals surface area (Å²) >= 11 is 0. The fraction of sp³-hybridized carbons (Fsp3) is 0.379. The minimum atomic E-state index is -3.83. The standard InChI is InChI=1S/C29H35N3O7S/c1-19-16-32(20(2)18-33)29(34)26-14-22(21-6-8-23(37-4)9-7-21)15-30-28(26)39-27(19)17-31(3)40(35,36)25-12-10-24(38-5)11-13-25/h6-15,19-20,27,33H,16-18H2,1-5H3/t19-,20-,27-/m1/s1. The summed E-state index contributed by atoms with van der Waals surface area (Å²) in [6.45, 7) is 3.71. The zero-order valence-corrected chi connectivity index (χ0v) is 24.1. The van der Waals surface area contributed by atoms with Gasteiger partial charge in [-0.3, -0.25) is 4.79 Å². The molecule has 10 nitrogen and oxygen atoms in total. The number of aliphatic hydroxyl groups excluding tert-OH is 1. The fourth-order valence-corrected chi connectivity index (χ4v) is 5.72. The number of carbonyl (C=O) groups excluding carboxylic acids is 1. The number of rotatable bonds is 9. The van der Waals surface area contributed by atoms with E-state index in [1.165, 1.54) is 30.6 Å². The van der Waals surface area contributed by atoms with E-state index in [-0.39, 0.29) is 47.9 Å². The minimum absolute atomic E-state index is 0.0203. The van der Waals surface area contributed by atoms with Crippen LogP contribution in [-0.2, 0) is 10.0 Å². The molecular formula is C29H35N3O7S. The van der Waals surface area contributed by atoms with Gasteiger partial charge in [-0.15, -0.1) is 0 Å². The molecule has 0 bridgehead atoms. The number of benzene rings is 2. The lowest BCUT2D eigenvalue weighted by atomic mass is 9.99. The average molecular weight is 570 g/mol. The molecule has 3 atom stereocenters. The molecule has 40 heavy (non-hydrogen) atoms. The van der Waals surface area contributed by atoms with Gasteiger partial charge in [-0.1, -0.05) is 19.1 Å². The van der Waals surface area contributed by atoms with Gasteiger partial charge in [0.15, 0.2) is 0 Å². The predicted molar refractivity (Wildman–Crippen MR) is 150 cm³/mol. The van der Waals surface area contributed by atoms with Crippen molar-refractivity contribution in [3.05, 3.63) is 66.4 Å². The van der Waals surface area contributed by atoms with E-state index in [0.29, 0.717) is 17.1 Å². The third-order valence-corrected chi connectivity index (χ3v) is 8.99. The second kappa shape index (κ2) is 12.2. The number of nitrogens with zero attached hydrogens (tertiary/aromatic N) is 3. The normalized spacial score (nSPS) is 18.4. The molecule has 1 amide bonds. The van der Waals surface area contributed by atoms with Crippen LogP contribution in [0.5, 0.6) is 17.4 Å². The Kier molecular flexibility index (Phi) is 8.97. The number of likely N-dealkylation sites (N-methyl/N-ethyl adjacent to an activating group) is 1. The maximum Gasteiger partial charge on any atom is 0.259 e. The smallest absolute Gasteiger partial charge is 0.259 e. The lowest BCUT2D eigenvalue weighted by molar-refractivity contribution is 0.0373. The molecule has 214 valence electrons. The second-order valence-corrected chi connectivity index (χ2v) is 11.9. The van der Waals surface area contributed by atoms with E-state index in [2.05, 4.69) is 4.98 Å². The van der Waals surface area contributed by atoms with Gasteiger partial charge in [0.05, 0.1) is 38.3 Å². The molecule has 0 unspecified atom stereocenters. The summed E-state index contributed by atoms with van der Waals surface area (Å²) < 4.78 is 44.6. The minimum Gasteiger partial charge on any atom is -0.497 e. The molecule has 1 N–H and O–H groups in total. The summed E-state index contributed by atoms with van der Waals surface area (Å²) in [5.74, 6) is 0.782. The summed E-state index contributed by atoms with van der Waals surface area (Å²) in [5.41, 5.74) is 1.79. The molecule has 1 aromatic heterocycles. The van der Waals surface area contributed by atoms with Crippen molar-refractivity contribution in [2.24, 2.45) is 5.92 Å². The number of carbonyl (C=O) groups is 1. The van der Waals surface area contributed by atoms with Gasteiger partial charge in [0.2, 0.25) is 15.9 Å². The van der Waals surface area contributed by atoms with Gasteiger partial charge < -0.3 is 24.2 Å². The first-order valence-corrected chi connectivity index (χ1v) is 14.4. The molecule has 0 fully saturated rings. The summed E-state index contributed by atoms with van der Waals surface area (Å²) in [5, 5.41) is 9.92. The van der Waals surface area contributed by atoms with Gasteiger partial charge in [0.25, 0.3) is 5.91 Å². The highest BCUT2D eigenvalue weighted by Gasteiger charge is 2.36. The molecule has 0 spiro atoms. The number of methoxy groups -OCH3 is 2. The van der Waals surface area contributed by atoms with E-state index in [1.807, 2.05) is 31.2 Å². The van der Waals surface area contributed by atoms with E-state index in [1.54, 1.807) is 43.3 Å². The third-order valence-electron chi connectivity index (χ3n) is 7.15. The van der Waals surface area contributed by atoms with Crippen LogP contribution in [0, 0.1) is 5.92 Å². The van der Waals surface area contributed by atoms with Crippen LogP contribution < -0.4 is 14.2 Å². The number of fused-ring (bicyclic) bond motifs is 1. The van der Waals surface area contributed by atoms with Gasteiger partial charge in [-0.25, -0.2) is 13.4 Å². The number of ether oxygens (including phenoxy) is 3. The van der Waals surface area contributed by atoms with Crippen LogP contribution in [-0.4, -0.2) is 86.7 Å². The summed E-state index contributed by atoms with van der Waals surface area (Å²) in [6.07, 6.45) is 0.993. The Morgan fingerprint density at radius 3 is 2.25 bits per heavy atom. The molecule has 3 aromatic rings. The van der Waals surface area contributed by atoms with Crippen LogP contribution in [0.3, 0.4) is 0 Å². The van der Waals surface area contributed by atoms with Gasteiger partial charge in [0, 0.05) is 31.3 Å². The molecule has 2 aromatic carbocycles. The Balaban J connectivity index is 1.68. The zero-order valence-electron chi connectivity index (χ0n) is 23.3. The van der Waals surface area contributed by atoms with Crippen LogP contribution in [0.4, 0.5) is 0 Å². The first-order valence-electron chi connectivity index (χ1n) is 12.9. The van der Waals surface area contributed by atoms with Crippen LogP contribution in [0.1, 0.15) is 24.2 Å². The van der Waals surface area contributed by atoms with Gasteiger partial charge in [0.1, 0.15) is 23.2 Å². The van der Waals surface area contributed by atoms with Crippen molar-refractivity contribution in [3.8, 4) is 28.5 Å². The molecule has 0 radical (unpaired) electrons. The number of aromatic nitrogens is 1. The van der Waals surface area contributed by atoms with Crippen molar-refractivity contribution >= 4 is 15.9 Å². The first-order chi connectivity index (χ1) is 19.1. The molecule has 1 aliphatic rings. The number of hydrogen-bond donors (Lipinski definition) is 1. The van der Waals surface area contributed by atoms with E-state index >= 15 is 0 Å². The van der Waals surface area contributed by atoms with E-state index in [9.17, 15) is 18.3 Å². The molecule has 11 heteroatoms. The maximum absolute atomic E-state index is 13.7. The lowest BCUT2D eigenvalue weighted by Crippen LogP contribution is -2.50.